The number of rotatable bonds is 7. The maximum atomic E-state index is 12.8. The number of hydrogen-bond donors (Lipinski definition) is 2. The van der Waals surface area contributed by atoms with E-state index >= 15 is 0 Å². The lowest BCUT2D eigenvalue weighted by molar-refractivity contribution is 0.0952. The van der Waals surface area contributed by atoms with Gasteiger partial charge in [0.2, 0.25) is 15.9 Å². The fourth-order valence-electron chi connectivity index (χ4n) is 3.46. The number of hydrogen-bond acceptors (Lipinski definition) is 4. The Balaban J connectivity index is 1.57. The predicted molar refractivity (Wildman–Crippen MR) is 115 cm³/mol. The first-order valence-electron chi connectivity index (χ1n) is 10.0. The molecule has 2 aromatic rings. The van der Waals surface area contributed by atoms with Gasteiger partial charge >= 0.3 is 0 Å². The van der Waals surface area contributed by atoms with E-state index in [4.69, 9.17) is 5.73 Å². The van der Waals surface area contributed by atoms with E-state index in [-0.39, 0.29) is 10.8 Å². The van der Waals surface area contributed by atoms with Crippen LogP contribution in [0.15, 0.2) is 53.4 Å². The minimum Gasteiger partial charge on any atom is -0.366 e. The molecule has 30 heavy (non-hydrogen) atoms. The molecular weight excluding hydrogens is 402 g/mol. The third-order valence-corrected chi connectivity index (χ3v) is 7.32. The molecule has 0 radical (unpaired) electrons. The van der Waals surface area contributed by atoms with Crippen molar-refractivity contribution in [2.45, 2.75) is 31.1 Å². The Morgan fingerprint density at radius 3 is 2.37 bits per heavy atom. The number of carbonyl (C=O) groups excluding carboxylic acids is 2. The number of sulfonamides is 1. The molecule has 0 aliphatic carbocycles. The number of carbonyl (C=O) groups is 2. The Morgan fingerprint density at radius 1 is 1.07 bits per heavy atom. The van der Waals surface area contributed by atoms with E-state index in [1.54, 1.807) is 18.2 Å². The van der Waals surface area contributed by atoms with Crippen molar-refractivity contribution in [1.82, 2.24) is 9.62 Å². The molecule has 1 heterocycles. The number of primary amides is 1. The highest BCUT2D eigenvalue weighted by atomic mass is 32.2. The van der Waals surface area contributed by atoms with Crippen LogP contribution >= 0.6 is 0 Å². The van der Waals surface area contributed by atoms with Crippen molar-refractivity contribution < 1.29 is 18.0 Å². The van der Waals surface area contributed by atoms with Gasteiger partial charge in [-0.25, -0.2) is 8.42 Å². The summed E-state index contributed by atoms with van der Waals surface area (Å²) in [5, 5.41) is 2.81. The molecule has 0 saturated carbocycles. The fraction of sp³-hybridized carbons (Fsp3) is 0.364. The third kappa shape index (κ3) is 5.25. The van der Waals surface area contributed by atoms with Crippen LogP contribution in [0.3, 0.4) is 0 Å². The van der Waals surface area contributed by atoms with E-state index in [0.717, 1.165) is 18.4 Å². The Morgan fingerprint density at radius 2 is 1.73 bits per heavy atom. The van der Waals surface area contributed by atoms with E-state index in [1.165, 1.54) is 28.6 Å². The summed E-state index contributed by atoms with van der Waals surface area (Å²) in [6.07, 6.45) is 2.27. The number of amides is 2. The second-order valence-electron chi connectivity index (χ2n) is 7.68. The molecule has 0 atom stereocenters. The SMILES string of the molecule is CC1CCN(S(=O)(=O)c2ccc(C(=O)NCCc3cccc(C(N)=O)c3)cc2)CC1. The van der Waals surface area contributed by atoms with Crippen LogP contribution in [0.25, 0.3) is 0 Å². The number of nitrogens with two attached hydrogens (primary N) is 1. The summed E-state index contributed by atoms with van der Waals surface area (Å²) in [6, 6.07) is 13.0. The van der Waals surface area contributed by atoms with Gasteiger partial charge in [0.15, 0.2) is 0 Å². The average Bonchev–Trinajstić information content (AvgIpc) is 2.74. The van der Waals surface area contributed by atoms with Gasteiger partial charge in [-0.3, -0.25) is 9.59 Å². The summed E-state index contributed by atoms with van der Waals surface area (Å²) >= 11 is 0. The first-order valence-corrected chi connectivity index (χ1v) is 11.5. The molecule has 0 unspecified atom stereocenters. The van der Waals surface area contributed by atoms with Crippen LogP contribution < -0.4 is 11.1 Å². The van der Waals surface area contributed by atoms with Crippen molar-refractivity contribution in [3.8, 4) is 0 Å². The van der Waals surface area contributed by atoms with E-state index < -0.39 is 15.9 Å². The molecule has 0 bridgehead atoms. The molecule has 3 N–H and O–H groups in total. The highest BCUT2D eigenvalue weighted by Crippen LogP contribution is 2.23. The number of piperidine rings is 1. The van der Waals surface area contributed by atoms with Gasteiger partial charge in [-0.05, 0) is 67.1 Å². The average molecular weight is 430 g/mol. The lowest BCUT2D eigenvalue weighted by atomic mass is 10.0. The maximum Gasteiger partial charge on any atom is 0.251 e. The van der Waals surface area contributed by atoms with Gasteiger partial charge in [0.1, 0.15) is 0 Å². The van der Waals surface area contributed by atoms with Gasteiger partial charge in [-0.15, -0.1) is 0 Å². The van der Waals surface area contributed by atoms with Crippen LogP contribution in [0, 0.1) is 5.92 Å². The first-order chi connectivity index (χ1) is 14.3. The molecule has 3 rings (SSSR count). The quantitative estimate of drug-likeness (QED) is 0.703. The van der Waals surface area contributed by atoms with Gasteiger partial charge in [0.05, 0.1) is 4.90 Å². The van der Waals surface area contributed by atoms with Crippen molar-refractivity contribution in [3.63, 3.8) is 0 Å². The van der Waals surface area contributed by atoms with Gasteiger partial charge in [0.25, 0.3) is 5.91 Å². The minimum absolute atomic E-state index is 0.205. The second-order valence-corrected chi connectivity index (χ2v) is 9.62. The summed E-state index contributed by atoms with van der Waals surface area (Å²) in [4.78, 5) is 23.8. The Labute approximate surface area is 177 Å². The zero-order chi connectivity index (χ0) is 21.7. The molecule has 0 aromatic heterocycles. The molecule has 160 valence electrons. The van der Waals surface area contributed by atoms with Crippen LogP contribution in [0.1, 0.15) is 46.0 Å². The molecule has 1 aliphatic heterocycles. The Hall–Kier alpha value is -2.71. The van der Waals surface area contributed by atoms with Crippen LogP contribution in [0.4, 0.5) is 0 Å². The topological polar surface area (TPSA) is 110 Å². The number of nitrogens with zero attached hydrogens (tertiary/aromatic N) is 1. The standard InChI is InChI=1S/C22H27N3O4S/c1-16-10-13-25(14-11-16)30(28,29)20-7-5-18(6-8-20)22(27)24-12-9-17-3-2-4-19(15-17)21(23)26/h2-8,15-16H,9-14H2,1H3,(H2,23,26)(H,24,27). The number of benzene rings is 2. The first kappa shape index (κ1) is 22.0. The zero-order valence-electron chi connectivity index (χ0n) is 17.0. The minimum atomic E-state index is -3.53. The maximum absolute atomic E-state index is 12.8. The van der Waals surface area contributed by atoms with Crippen LogP contribution in [0.2, 0.25) is 0 Å². The van der Waals surface area contributed by atoms with Crippen molar-refractivity contribution in [1.29, 1.82) is 0 Å². The summed E-state index contributed by atoms with van der Waals surface area (Å²) in [5.74, 6) is -0.229. The lowest BCUT2D eigenvalue weighted by Gasteiger charge is -2.29. The molecule has 7 nitrogen and oxygen atoms in total. The Kier molecular flexibility index (Phi) is 6.89. The van der Waals surface area contributed by atoms with E-state index in [9.17, 15) is 18.0 Å². The summed E-state index contributed by atoms with van der Waals surface area (Å²) in [5.41, 5.74) is 6.99. The molecule has 0 spiro atoms. The van der Waals surface area contributed by atoms with Gasteiger partial charge < -0.3 is 11.1 Å². The fourth-order valence-corrected chi connectivity index (χ4v) is 4.92. The van der Waals surface area contributed by atoms with Crippen LogP contribution in [-0.2, 0) is 16.4 Å². The second kappa shape index (κ2) is 9.40. The highest BCUT2D eigenvalue weighted by molar-refractivity contribution is 7.89. The predicted octanol–water partition coefficient (Wildman–Crippen LogP) is 2.18. The van der Waals surface area contributed by atoms with Gasteiger partial charge in [-0.2, -0.15) is 4.31 Å². The largest absolute Gasteiger partial charge is 0.366 e. The highest BCUT2D eigenvalue weighted by Gasteiger charge is 2.28. The zero-order valence-corrected chi connectivity index (χ0v) is 17.8. The summed E-state index contributed by atoms with van der Waals surface area (Å²) < 4.78 is 27.1. The van der Waals surface area contributed by atoms with Crippen LogP contribution in [0.5, 0.6) is 0 Å². The van der Waals surface area contributed by atoms with Gasteiger partial charge in [-0.1, -0.05) is 19.1 Å². The Bertz CT molecular complexity index is 1010. The molecule has 2 amide bonds. The van der Waals surface area contributed by atoms with E-state index in [2.05, 4.69) is 12.2 Å². The molecular formula is C22H27N3O4S. The van der Waals surface area contributed by atoms with Crippen molar-refractivity contribution >= 4 is 21.8 Å². The summed E-state index contributed by atoms with van der Waals surface area (Å²) in [7, 11) is -3.53. The van der Waals surface area contributed by atoms with Gasteiger partial charge in [0, 0.05) is 30.8 Å². The molecule has 8 heteroatoms. The molecule has 1 saturated heterocycles. The van der Waals surface area contributed by atoms with E-state index in [0.29, 0.717) is 43.1 Å². The monoisotopic (exact) mass is 429 g/mol. The van der Waals surface area contributed by atoms with Crippen molar-refractivity contribution in [2.24, 2.45) is 11.7 Å². The normalized spacial score (nSPS) is 15.6. The van der Waals surface area contributed by atoms with Crippen LogP contribution in [-0.4, -0.2) is 44.2 Å². The van der Waals surface area contributed by atoms with Crippen molar-refractivity contribution in [3.05, 3.63) is 65.2 Å². The molecule has 1 fully saturated rings. The molecule has 1 aliphatic rings. The number of nitrogens with one attached hydrogen (secondary N) is 1. The molecule has 2 aromatic carbocycles. The third-order valence-electron chi connectivity index (χ3n) is 5.41. The lowest BCUT2D eigenvalue weighted by Crippen LogP contribution is -2.37. The summed E-state index contributed by atoms with van der Waals surface area (Å²) in [6.45, 7) is 3.57. The van der Waals surface area contributed by atoms with Crippen molar-refractivity contribution in [2.75, 3.05) is 19.6 Å². The smallest absolute Gasteiger partial charge is 0.251 e. The van der Waals surface area contributed by atoms with E-state index in [1.807, 2.05) is 6.07 Å².